The second-order valence-corrected chi connectivity index (χ2v) is 6.61. The number of hydrogen-bond donors (Lipinski definition) is 1. The largest absolute Gasteiger partial charge is 0.309 e. The number of rotatable bonds is 5. The maximum absolute atomic E-state index is 14.0. The summed E-state index contributed by atoms with van der Waals surface area (Å²) >= 11 is 7.91. The minimum absolute atomic E-state index is 0.105. The Labute approximate surface area is 128 Å². The molecular formula is C16H19ClFNS. The van der Waals surface area contributed by atoms with Crippen LogP contribution in [0.5, 0.6) is 0 Å². The summed E-state index contributed by atoms with van der Waals surface area (Å²) in [5.74, 6) is -0.230. The molecule has 0 aliphatic heterocycles. The third-order valence-electron chi connectivity index (χ3n) is 3.32. The van der Waals surface area contributed by atoms with E-state index in [1.165, 1.54) is 21.4 Å². The smallest absolute Gasteiger partial charge is 0.127 e. The lowest BCUT2D eigenvalue weighted by atomic mass is 10.0. The molecule has 0 aliphatic carbocycles. The topological polar surface area (TPSA) is 12.0 Å². The van der Waals surface area contributed by atoms with Crippen LogP contribution < -0.4 is 5.32 Å². The van der Waals surface area contributed by atoms with Crippen molar-refractivity contribution in [1.29, 1.82) is 0 Å². The molecule has 1 aromatic carbocycles. The van der Waals surface area contributed by atoms with Crippen molar-refractivity contribution in [3.8, 4) is 0 Å². The van der Waals surface area contributed by atoms with Crippen molar-refractivity contribution in [3.05, 3.63) is 56.0 Å². The second kappa shape index (κ2) is 6.70. The average molecular weight is 312 g/mol. The first-order valence-corrected chi connectivity index (χ1v) is 7.95. The highest BCUT2D eigenvalue weighted by Gasteiger charge is 2.19. The van der Waals surface area contributed by atoms with Gasteiger partial charge >= 0.3 is 0 Å². The third-order valence-corrected chi connectivity index (χ3v) is 4.94. The fraction of sp³-hybridized carbons (Fsp3) is 0.375. The van der Waals surface area contributed by atoms with Gasteiger partial charge in [0.25, 0.3) is 0 Å². The molecule has 2 rings (SSSR count). The molecule has 1 heterocycles. The number of nitrogens with one attached hydrogen (secondary N) is 1. The number of halogens is 2. The Morgan fingerprint density at radius 1 is 1.35 bits per heavy atom. The van der Waals surface area contributed by atoms with E-state index in [2.05, 4.69) is 32.2 Å². The fourth-order valence-electron chi connectivity index (χ4n) is 2.44. The molecule has 1 aromatic heterocycles. The molecule has 1 atom stereocenters. The van der Waals surface area contributed by atoms with Crippen molar-refractivity contribution in [2.24, 2.45) is 0 Å². The number of likely N-dealkylation sites (N-methyl/N-ethyl adjacent to an activating group) is 1. The van der Waals surface area contributed by atoms with Crippen molar-refractivity contribution in [2.75, 3.05) is 6.54 Å². The second-order valence-electron chi connectivity index (χ2n) is 4.92. The monoisotopic (exact) mass is 311 g/mol. The molecule has 0 fully saturated rings. The van der Waals surface area contributed by atoms with E-state index in [1.54, 1.807) is 23.5 Å². The Morgan fingerprint density at radius 2 is 2.10 bits per heavy atom. The van der Waals surface area contributed by atoms with Crippen LogP contribution in [-0.2, 0) is 6.42 Å². The summed E-state index contributed by atoms with van der Waals surface area (Å²) < 4.78 is 14.0. The summed E-state index contributed by atoms with van der Waals surface area (Å²) in [5.41, 5.74) is 1.84. The van der Waals surface area contributed by atoms with E-state index in [0.717, 1.165) is 6.54 Å². The van der Waals surface area contributed by atoms with Gasteiger partial charge in [0.05, 0.1) is 0 Å². The lowest BCUT2D eigenvalue weighted by Crippen LogP contribution is -2.23. The van der Waals surface area contributed by atoms with Gasteiger partial charge in [-0.3, -0.25) is 0 Å². The normalized spacial score (nSPS) is 12.7. The Kier molecular flexibility index (Phi) is 5.19. The van der Waals surface area contributed by atoms with E-state index in [9.17, 15) is 4.39 Å². The van der Waals surface area contributed by atoms with Crippen molar-refractivity contribution in [1.82, 2.24) is 5.32 Å². The van der Waals surface area contributed by atoms with E-state index in [1.807, 2.05) is 0 Å². The lowest BCUT2D eigenvalue weighted by molar-refractivity contribution is 0.533. The summed E-state index contributed by atoms with van der Waals surface area (Å²) in [6, 6.07) is 7.14. The molecule has 0 saturated heterocycles. The van der Waals surface area contributed by atoms with Crippen LogP contribution in [0.15, 0.2) is 24.3 Å². The van der Waals surface area contributed by atoms with Crippen molar-refractivity contribution >= 4 is 22.9 Å². The highest BCUT2D eigenvalue weighted by molar-refractivity contribution is 7.12. The maximum atomic E-state index is 14.0. The minimum atomic E-state index is -0.230. The Bertz CT molecular complexity index is 574. The number of aryl methyl sites for hydroxylation is 2. The molecule has 108 valence electrons. The first-order chi connectivity index (χ1) is 9.52. The van der Waals surface area contributed by atoms with Gasteiger partial charge in [-0.2, -0.15) is 0 Å². The predicted octanol–water partition coefficient (Wildman–Crippen LogP) is 5.05. The van der Waals surface area contributed by atoms with Crippen LogP contribution in [0.3, 0.4) is 0 Å². The first-order valence-electron chi connectivity index (χ1n) is 6.76. The van der Waals surface area contributed by atoms with Gasteiger partial charge in [-0.05, 0) is 50.6 Å². The molecule has 4 heteroatoms. The Hall–Kier alpha value is -0.900. The molecule has 0 saturated carbocycles. The summed E-state index contributed by atoms with van der Waals surface area (Å²) in [5, 5.41) is 3.94. The molecular weight excluding hydrogens is 293 g/mol. The molecule has 1 unspecified atom stereocenters. The number of benzene rings is 1. The molecule has 1 nitrogen and oxygen atoms in total. The van der Waals surface area contributed by atoms with Gasteiger partial charge in [0, 0.05) is 26.4 Å². The van der Waals surface area contributed by atoms with Crippen molar-refractivity contribution < 1.29 is 4.39 Å². The van der Waals surface area contributed by atoms with Gasteiger partial charge < -0.3 is 5.32 Å². The zero-order chi connectivity index (χ0) is 14.7. The van der Waals surface area contributed by atoms with Crippen LogP contribution in [0.4, 0.5) is 4.39 Å². The Morgan fingerprint density at radius 3 is 2.65 bits per heavy atom. The van der Waals surface area contributed by atoms with Crippen LogP contribution in [-0.4, -0.2) is 6.54 Å². The highest BCUT2D eigenvalue weighted by Crippen LogP contribution is 2.32. The molecule has 0 amide bonds. The fourth-order valence-corrected chi connectivity index (χ4v) is 3.79. The first kappa shape index (κ1) is 15.5. The zero-order valence-electron chi connectivity index (χ0n) is 12.0. The quantitative estimate of drug-likeness (QED) is 0.814. The number of hydrogen-bond acceptors (Lipinski definition) is 2. The molecule has 2 aromatic rings. The van der Waals surface area contributed by atoms with E-state index < -0.39 is 0 Å². The summed E-state index contributed by atoms with van der Waals surface area (Å²) in [7, 11) is 0. The molecule has 0 radical (unpaired) electrons. The van der Waals surface area contributed by atoms with Crippen LogP contribution in [0, 0.1) is 19.7 Å². The standard InChI is InChI=1S/C16H19ClFNS/c1-4-19-15(16-10(2)8-11(3)20-16)9-12-13(17)6-5-7-14(12)18/h5-8,15,19H,4,9H2,1-3H3. The average Bonchev–Trinajstić information content (AvgIpc) is 2.72. The van der Waals surface area contributed by atoms with Crippen LogP contribution >= 0.6 is 22.9 Å². The highest BCUT2D eigenvalue weighted by atomic mass is 35.5. The summed E-state index contributed by atoms with van der Waals surface area (Å²) in [6.45, 7) is 7.10. The van der Waals surface area contributed by atoms with Gasteiger partial charge in [-0.15, -0.1) is 11.3 Å². The molecule has 1 N–H and O–H groups in total. The van der Waals surface area contributed by atoms with Crippen LogP contribution in [0.1, 0.15) is 33.8 Å². The van der Waals surface area contributed by atoms with Gasteiger partial charge in [0.15, 0.2) is 0 Å². The van der Waals surface area contributed by atoms with E-state index >= 15 is 0 Å². The van der Waals surface area contributed by atoms with Crippen LogP contribution in [0.25, 0.3) is 0 Å². The predicted molar refractivity (Wildman–Crippen MR) is 85.3 cm³/mol. The summed E-state index contributed by atoms with van der Waals surface area (Å²) in [4.78, 5) is 2.55. The lowest BCUT2D eigenvalue weighted by Gasteiger charge is -2.19. The van der Waals surface area contributed by atoms with E-state index in [-0.39, 0.29) is 11.9 Å². The molecule has 0 aliphatic rings. The summed E-state index contributed by atoms with van der Waals surface area (Å²) in [6.07, 6.45) is 0.570. The van der Waals surface area contributed by atoms with Gasteiger partial charge in [0.2, 0.25) is 0 Å². The van der Waals surface area contributed by atoms with Crippen LogP contribution in [0.2, 0.25) is 5.02 Å². The molecule has 20 heavy (non-hydrogen) atoms. The third kappa shape index (κ3) is 3.40. The van der Waals surface area contributed by atoms with E-state index in [4.69, 9.17) is 11.6 Å². The van der Waals surface area contributed by atoms with Gasteiger partial charge in [0.1, 0.15) is 5.82 Å². The van der Waals surface area contributed by atoms with Crippen molar-refractivity contribution in [2.45, 2.75) is 33.2 Å². The molecule has 0 bridgehead atoms. The Balaban J connectivity index is 2.33. The van der Waals surface area contributed by atoms with E-state index in [0.29, 0.717) is 17.0 Å². The van der Waals surface area contributed by atoms with Gasteiger partial charge in [-0.25, -0.2) is 4.39 Å². The SMILES string of the molecule is CCNC(Cc1c(F)cccc1Cl)c1sc(C)cc1C. The molecule has 0 spiro atoms. The van der Waals surface area contributed by atoms with Gasteiger partial charge in [-0.1, -0.05) is 24.6 Å². The minimum Gasteiger partial charge on any atom is -0.309 e. The maximum Gasteiger partial charge on any atom is 0.127 e. The zero-order valence-corrected chi connectivity index (χ0v) is 13.5. The number of thiophene rings is 1. The van der Waals surface area contributed by atoms with Crippen molar-refractivity contribution in [3.63, 3.8) is 0 Å².